The molecule has 2 aromatic rings. The molecule has 0 saturated heterocycles. The van der Waals surface area contributed by atoms with Crippen LogP contribution in [0.5, 0.6) is 0 Å². The van der Waals surface area contributed by atoms with Crippen LogP contribution < -0.4 is 16.0 Å². The summed E-state index contributed by atoms with van der Waals surface area (Å²) in [6, 6.07) is 9.90. The summed E-state index contributed by atoms with van der Waals surface area (Å²) in [6.07, 6.45) is 0.608. The number of halogens is 1. The van der Waals surface area contributed by atoms with Crippen molar-refractivity contribution in [2.75, 3.05) is 36.8 Å². The van der Waals surface area contributed by atoms with Gasteiger partial charge in [-0.15, -0.1) is 0 Å². The third-order valence-electron chi connectivity index (χ3n) is 5.14. The molecule has 7 heteroatoms. The van der Waals surface area contributed by atoms with Crippen molar-refractivity contribution < 1.29 is 14.0 Å². The lowest BCUT2D eigenvalue weighted by molar-refractivity contribution is -0.117. The summed E-state index contributed by atoms with van der Waals surface area (Å²) in [6.45, 7) is 7.09. The largest absolute Gasteiger partial charge is 0.325 e. The maximum absolute atomic E-state index is 14.0. The Hall–Kier alpha value is -2.77. The van der Waals surface area contributed by atoms with Gasteiger partial charge in [-0.2, -0.15) is 0 Å². The minimum absolute atomic E-state index is 0.0997. The first-order valence-corrected chi connectivity index (χ1v) is 9.96. The van der Waals surface area contributed by atoms with Crippen molar-refractivity contribution in [1.82, 2.24) is 10.2 Å². The first kappa shape index (κ1) is 21.0. The van der Waals surface area contributed by atoms with E-state index >= 15 is 0 Å². The second-order valence-electron chi connectivity index (χ2n) is 7.02. The molecule has 6 nitrogen and oxygen atoms in total. The quantitative estimate of drug-likeness (QED) is 0.670. The molecule has 3 N–H and O–H groups in total. The fraction of sp³-hybridized carbons (Fsp3) is 0.364. The van der Waals surface area contributed by atoms with Crippen molar-refractivity contribution >= 4 is 23.2 Å². The molecule has 3 rings (SSSR count). The van der Waals surface area contributed by atoms with Gasteiger partial charge in [0.25, 0.3) is 5.91 Å². The van der Waals surface area contributed by atoms with Crippen LogP contribution in [0.25, 0.3) is 0 Å². The second kappa shape index (κ2) is 9.62. The molecule has 0 fully saturated rings. The molecule has 0 saturated carbocycles. The Balaban J connectivity index is 1.71. The standard InChI is InChI=1S/C22H27FN4O2/c1-3-27(4-2)14-21(28)25-15-6-5-7-16(12-15)26-22(29)18-8-9-20(23)19-13-24-11-10-17(18)19/h5-9,12,24H,3-4,10-11,13-14H2,1-2H3,(H,25,28)(H,26,29). The molecule has 0 unspecified atom stereocenters. The van der Waals surface area contributed by atoms with Gasteiger partial charge in [0.05, 0.1) is 6.54 Å². The highest BCUT2D eigenvalue weighted by atomic mass is 19.1. The highest BCUT2D eigenvalue weighted by Crippen LogP contribution is 2.23. The maximum atomic E-state index is 14.0. The molecule has 0 bridgehead atoms. The van der Waals surface area contributed by atoms with Gasteiger partial charge in [0.2, 0.25) is 5.91 Å². The van der Waals surface area contributed by atoms with Gasteiger partial charge in [0.1, 0.15) is 5.82 Å². The topological polar surface area (TPSA) is 73.5 Å². The zero-order valence-corrected chi connectivity index (χ0v) is 16.8. The second-order valence-corrected chi connectivity index (χ2v) is 7.02. The predicted molar refractivity (Wildman–Crippen MR) is 113 cm³/mol. The molecule has 1 aliphatic rings. The number of fused-ring (bicyclic) bond motifs is 1. The normalized spacial score (nSPS) is 13.1. The molecule has 1 aliphatic heterocycles. The average Bonchev–Trinajstić information content (AvgIpc) is 2.72. The van der Waals surface area contributed by atoms with E-state index in [2.05, 4.69) is 16.0 Å². The van der Waals surface area contributed by atoms with Crippen molar-refractivity contribution in [1.29, 1.82) is 0 Å². The molecular weight excluding hydrogens is 371 g/mol. The smallest absolute Gasteiger partial charge is 0.255 e. The molecule has 2 aromatic carbocycles. The van der Waals surface area contributed by atoms with Gasteiger partial charge in [0.15, 0.2) is 0 Å². The third kappa shape index (κ3) is 5.19. The van der Waals surface area contributed by atoms with Gasteiger partial charge >= 0.3 is 0 Å². The fourth-order valence-corrected chi connectivity index (χ4v) is 3.50. The molecule has 0 radical (unpaired) electrons. The number of carbonyl (C=O) groups excluding carboxylic acids is 2. The lowest BCUT2D eigenvalue weighted by Gasteiger charge is -2.21. The van der Waals surface area contributed by atoms with Crippen LogP contribution in [0.2, 0.25) is 0 Å². The van der Waals surface area contributed by atoms with Crippen LogP contribution in [-0.2, 0) is 17.8 Å². The Morgan fingerprint density at radius 3 is 2.52 bits per heavy atom. The van der Waals surface area contributed by atoms with E-state index in [0.717, 1.165) is 18.7 Å². The molecular formula is C22H27FN4O2. The monoisotopic (exact) mass is 398 g/mol. The summed E-state index contributed by atoms with van der Waals surface area (Å²) in [5.41, 5.74) is 2.98. The molecule has 0 aliphatic carbocycles. The number of nitrogens with zero attached hydrogens (tertiary/aromatic N) is 1. The lowest BCUT2D eigenvalue weighted by Crippen LogP contribution is -2.32. The van der Waals surface area contributed by atoms with E-state index < -0.39 is 0 Å². The van der Waals surface area contributed by atoms with Crippen LogP contribution in [-0.4, -0.2) is 42.9 Å². The highest BCUT2D eigenvalue weighted by Gasteiger charge is 2.20. The number of hydrogen-bond acceptors (Lipinski definition) is 4. The van der Waals surface area contributed by atoms with Gasteiger partial charge in [-0.05, 0) is 62.0 Å². The van der Waals surface area contributed by atoms with Gasteiger partial charge < -0.3 is 16.0 Å². The SMILES string of the molecule is CCN(CC)CC(=O)Nc1cccc(NC(=O)c2ccc(F)c3c2CCNC3)c1. The Morgan fingerprint density at radius 1 is 1.07 bits per heavy atom. The molecule has 0 aromatic heterocycles. The van der Waals surface area contributed by atoms with Crippen molar-refractivity contribution in [3.63, 3.8) is 0 Å². The number of rotatable bonds is 7. The van der Waals surface area contributed by atoms with E-state index in [1.165, 1.54) is 12.1 Å². The van der Waals surface area contributed by atoms with Crippen LogP contribution in [0.1, 0.15) is 35.3 Å². The van der Waals surface area contributed by atoms with Crippen molar-refractivity contribution in [2.45, 2.75) is 26.8 Å². The van der Waals surface area contributed by atoms with E-state index in [0.29, 0.717) is 48.6 Å². The van der Waals surface area contributed by atoms with Crippen LogP contribution >= 0.6 is 0 Å². The number of benzene rings is 2. The summed E-state index contributed by atoms with van der Waals surface area (Å²) in [5.74, 6) is -0.672. The van der Waals surface area contributed by atoms with Gasteiger partial charge in [-0.3, -0.25) is 14.5 Å². The minimum atomic E-state index is -0.290. The van der Waals surface area contributed by atoms with Crippen LogP contribution in [0, 0.1) is 5.82 Å². The van der Waals surface area contributed by atoms with Crippen molar-refractivity contribution in [2.24, 2.45) is 0 Å². The average molecular weight is 398 g/mol. The summed E-state index contributed by atoms with van der Waals surface area (Å²) >= 11 is 0. The number of carbonyl (C=O) groups is 2. The van der Waals surface area contributed by atoms with Crippen LogP contribution in [0.4, 0.5) is 15.8 Å². The predicted octanol–water partition coefficient (Wildman–Crippen LogP) is 3.00. The summed E-state index contributed by atoms with van der Waals surface area (Å²) in [7, 11) is 0. The molecule has 0 atom stereocenters. The summed E-state index contributed by atoms with van der Waals surface area (Å²) < 4.78 is 14.0. The van der Waals surface area contributed by atoms with Crippen molar-refractivity contribution in [3.8, 4) is 0 Å². The fourth-order valence-electron chi connectivity index (χ4n) is 3.50. The van der Waals surface area contributed by atoms with E-state index in [9.17, 15) is 14.0 Å². The maximum Gasteiger partial charge on any atom is 0.255 e. The number of likely N-dealkylation sites (N-methyl/N-ethyl adjacent to an activating group) is 1. The van der Waals surface area contributed by atoms with E-state index in [4.69, 9.17) is 0 Å². The number of nitrogens with one attached hydrogen (secondary N) is 3. The molecule has 29 heavy (non-hydrogen) atoms. The van der Waals surface area contributed by atoms with Crippen molar-refractivity contribution in [3.05, 3.63) is 58.9 Å². The lowest BCUT2D eigenvalue weighted by atomic mass is 9.94. The molecule has 154 valence electrons. The number of anilines is 2. The summed E-state index contributed by atoms with van der Waals surface area (Å²) in [5, 5.41) is 8.85. The molecule has 0 spiro atoms. The Morgan fingerprint density at radius 2 is 1.79 bits per heavy atom. The number of hydrogen-bond donors (Lipinski definition) is 3. The highest BCUT2D eigenvalue weighted by molar-refractivity contribution is 6.06. The van der Waals surface area contributed by atoms with E-state index in [1.54, 1.807) is 24.3 Å². The Labute approximate surface area is 170 Å². The first-order chi connectivity index (χ1) is 14.0. The van der Waals surface area contributed by atoms with E-state index in [1.807, 2.05) is 18.7 Å². The van der Waals surface area contributed by atoms with Gasteiger partial charge in [0, 0.05) is 29.0 Å². The van der Waals surface area contributed by atoms with Gasteiger partial charge in [-0.1, -0.05) is 19.9 Å². The Kier molecular flexibility index (Phi) is 6.95. The molecule has 1 heterocycles. The number of amides is 2. The zero-order chi connectivity index (χ0) is 20.8. The zero-order valence-electron chi connectivity index (χ0n) is 16.8. The third-order valence-corrected chi connectivity index (χ3v) is 5.14. The molecule has 2 amide bonds. The summed E-state index contributed by atoms with van der Waals surface area (Å²) in [4.78, 5) is 27.0. The van der Waals surface area contributed by atoms with Crippen LogP contribution in [0.3, 0.4) is 0 Å². The van der Waals surface area contributed by atoms with E-state index in [-0.39, 0.29) is 17.6 Å². The Bertz CT molecular complexity index is 896. The first-order valence-electron chi connectivity index (χ1n) is 9.96. The van der Waals surface area contributed by atoms with Crippen LogP contribution in [0.15, 0.2) is 36.4 Å². The van der Waals surface area contributed by atoms with Gasteiger partial charge in [-0.25, -0.2) is 4.39 Å². The minimum Gasteiger partial charge on any atom is -0.325 e.